The van der Waals surface area contributed by atoms with E-state index in [1.165, 1.54) is 29.5 Å². The van der Waals surface area contributed by atoms with Crippen LogP contribution >= 0.6 is 12.4 Å². The van der Waals surface area contributed by atoms with Gasteiger partial charge in [-0.1, -0.05) is 24.3 Å². The van der Waals surface area contributed by atoms with Crippen molar-refractivity contribution in [2.24, 2.45) is 11.7 Å². The Kier molecular flexibility index (Phi) is 6.67. The molecule has 0 saturated heterocycles. The van der Waals surface area contributed by atoms with Gasteiger partial charge in [0.05, 0.1) is 6.10 Å². The predicted molar refractivity (Wildman–Crippen MR) is 112 cm³/mol. The van der Waals surface area contributed by atoms with Crippen LogP contribution in [0.4, 0.5) is 0 Å². The number of rotatable bonds is 4. The second kappa shape index (κ2) is 8.99. The molecule has 0 amide bonds. The van der Waals surface area contributed by atoms with Gasteiger partial charge >= 0.3 is 0 Å². The minimum atomic E-state index is 0. The first-order valence-corrected chi connectivity index (χ1v) is 9.95. The van der Waals surface area contributed by atoms with Gasteiger partial charge in [0.2, 0.25) is 0 Å². The summed E-state index contributed by atoms with van der Waals surface area (Å²) in [6.07, 6.45) is 7.15. The molecule has 1 aliphatic carbocycles. The highest BCUT2D eigenvalue weighted by atomic mass is 35.5. The standard InChI is InChI=1S/C23H29NO2.ClH/c1-16-4-2-3-5-21(16)23-12-8-18-14-20(11-13-22(18)26-23)25-19-9-6-17(15-24)7-10-19;/h2-5,11,13-14,17,19,23H,6-10,12,15,24H2,1H3;1H. The van der Waals surface area contributed by atoms with Crippen LogP contribution in [0.2, 0.25) is 0 Å². The van der Waals surface area contributed by atoms with Crippen LogP contribution < -0.4 is 15.2 Å². The minimum absolute atomic E-state index is 0. The van der Waals surface area contributed by atoms with Crippen molar-refractivity contribution in [3.63, 3.8) is 0 Å². The van der Waals surface area contributed by atoms with Gasteiger partial charge in [-0.15, -0.1) is 12.4 Å². The SMILES string of the molecule is Cc1ccccc1C1CCc2cc(OC3CCC(CN)CC3)ccc2O1.Cl. The Hall–Kier alpha value is -1.71. The quantitative estimate of drug-likeness (QED) is 0.765. The van der Waals surface area contributed by atoms with Crippen molar-refractivity contribution >= 4 is 12.4 Å². The highest BCUT2D eigenvalue weighted by Gasteiger charge is 2.24. The van der Waals surface area contributed by atoms with Crippen molar-refractivity contribution in [2.75, 3.05) is 6.54 Å². The molecule has 1 fully saturated rings. The molecule has 146 valence electrons. The molecule has 2 aliphatic rings. The molecule has 1 atom stereocenters. The summed E-state index contributed by atoms with van der Waals surface area (Å²) in [7, 11) is 0. The summed E-state index contributed by atoms with van der Waals surface area (Å²) in [4.78, 5) is 0. The molecule has 1 aliphatic heterocycles. The number of hydrogen-bond acceptors (Lipinski definition) is 3. The molecule has 1 unspecified atom stereocenters. The lowest BCUT2D eigenvalue weighted by Gasteiger charge is -2.30. The number of aryl methyl sites for hydroxylation is 2. The predicted octanol–water partition coefficient (Wildman–Crippen LogP) is 5.38. The second-order valence-electron chi connectivity index (χ2n) is 7.77. The van der Waals surface area contributed by atoms with Gasteiger partial charge in [-0.25, -0.2) is 0 Å². The summed E-state index contributed by atoms with van der Waals surface area (Å²) in [6, 6.07) is 14.8. The maximum absolute atomic E-state index is 6.30. The van der Waals surface area contributed by atoms with E-state index >= 15 is 0 Å². The fourth-order valence-corrected chi connectivity index (χ4v) is 4.28. The summed E-state index contributed by atoms with van der Waals surface area (Å²) in [5.74, 6) is 2.67. The van der Waals surface area contributed by atoms with Crippen molar-refractivity contribution in [1.29, 1.82) is 0 Å². The van der Waals surface area contributed by atoms with E-state index in [1.807, 2.05) is 0 Å². The van der Waals surface area contributed by atoms with Gasteiger partial charge in [-0.2, -0.15) is 0 Å². The van der Waals surface area contributed by atoms with Crippen molar-refractivity contribution in [2.45, 2.75) is 57.7 Å². The van der Waals surface area contributed by atoms with Crippen molar-refractivity contribution in [3.05, 3.63) is 59.2 Å². The van der Waals surface area contributed by atoms with Gasteiger partial charge in [0.25, 0.3) is 0 Å². The number of nitrogens with two attached hydrogens (primary N) is 1. The van der Waals surface area contributed by atoms with Crippen LogP contribution in [0.1, 0.15) is 54.9 Å². The second-order valence-corrected chi connectivity index (χ2v) is 7.77. The first kappa shape index (κ1) is 20.0. The fraction of sp³-hybridized carbons (Fsp3) is 0.478. The third kappa shape index (κ3) is 4.59. The first-order chi connectivity index (χ1) is 12.7. The van der Waals surface area contributed by atoms with Crippen LogP contribution in [0, 0.1) is 12.8 Å². The molecule has 4 rings (SSSR count). The molecule has 2 N–H and O–H groups in total. The number of hydrogen-bond donors (Lipinski definition) is 1. The Morgan fingerprint density at radius 3 is 2.56 bits per heavy atom. The molecule has 1 saturated carbocycles. The summed E-state index contributed by atoms with van der Waals surface area (Å²) in [6.45, 7) is 2.97. The summed E-state index contributed by atoms with van der Waals surface area (Å²) in [5, 5.41) is 0. The monoisotopic (exact) mass is 387 g/mol. The van der Waals surface area contributed by atoms with Gasteiger partial charge in [-0.3, -0.25) is 0 Å². The summed E-state index contributed by atoms with van der Waals surface area (Å²) < 4.78 is 12.6. The zero-order valence-electron chi connectivity index (χ0n) is 16.0. The third-order valence-electron chi connectivity index (χ3n) is 5.94. The maximum atomic E-state index is 6.30. The van der Waals surface area contributed by atoms with Gasteiger partial charge in [-0.05, 0) is 92.8 Å². The van der Waals surface area contributed by atoms with Crippen LogP contribution in [0.3, 0.4) is 0 Å². The zero-order chi connectivity index (χ0) is 17.9. The molecule has 1 heterocycles. The number of halogens is 1. The van der Waals surface area contributed by atoms with Crippen LogP contribution in [-0.4, -0.2) is 12.6 Å². The molecule has 3 nitrogen and oxygen atoms in total. The highest BCUT2D eigenvalue weighted by Crippen LogP contribution is 2.38. The van der Waals surface area contributed by atoms with Crippen molar-refractivity contribution in [1.82, 2.24) is 0 Å². The fourth-order valence-electron chi connectivity index (χ4n) is 4.28. The molecule has 4 heteroatoms. The first-order valence-electron chi connectivity index (χ1n) is 9.95. The van der Waals surface area contributed by atoms with E-state index in [0.717, 1.165) is 43.7 Å². The Bertz CT molecular complexity index is 756. The normalized spacial score (nSPS) is 24.3. The minimum Gasteiger partial charge on any atom is -0.490 e. The number of ether oxygens (including phenoxy) is 2. The Balaban J connectivity index is 0.00000210. The molecule has 2 aromatic rings. The molecule has 0 aromatic heterocycles. The topological polar surface area (TPSA) is 44.5 Å². The van der Waals surface area contributed by atoms with E-state index in [-0.39, 0.29) is 18.5 Å². The van der Waals surface area contributed by atoms with Crippen LogP contribution in [0.5, 0.6) is 11.5 Å². The summed E-state index contributed by atoms with van der Waals surface area (Å²) in [5.41, 5.74) is 9.65. The third-order valence-corrected chi connectivity index (χ3v) is 5.94. The van der Waals surface area contributed by atoms with E-state index in [4.69, 9.17) is 15.2 Å². The van der Waals surface area contributed by atoms with Gasteiger partial charge in [0.1, 0.15) is 17.6 Å². The largest absolute Gasteiger partial charge is 0.490 e. The van der Waals surface area contributed by atoms with Crippen LogP contribution in [0.25, 0.3) is 0 Å². The molecular formula is C23H30ClNO2. The lowest BCUT2D eigenvalue weighted by molar-refractivity contribution is 0.132. The lowest BCUT2D eigenvalue weighted by Crippen LogP contribution is -2.27. The molecular weight excluding hydrogens is 358 g/mol. The molecule has 0 bridgehead atoms. The molecule has 27 heavy (non-hydrogen) atoms. The zero-order valence-corrected chi connectivity index (χ0v) is 16.8. The molecule has 0 radical (unpaired) electrons. The summed E-state index contributed by atoms with van der Waals surface area (Å²) >= 11 is 0. The maximum Gasteiger partial charge on any atom is 0.124 e. The van der Waals surface area contributed by atoms with Crippen molar-refractivity contribution < 1.29 is 9.47 Å². The van der Waals surface area contributed by atoms with E-state index in [9.17, 15) is 0 Å². The Morgan fingerprint density at radius 2 is 1.81 bits per heavy atom. The highest BCUT2D eigenvalue weighted by molar-refractivity contribution is 5.85. The van der Waals surface area contributed by atoms with Gasteiger partial charge in [0.15, 0.2) is 0 Å². The Morgan fingerprint density at radius 1 is 1.04 bits per heavy atom. The van der Waals surface area contributed by atoms with E-state index in [1.54, 1.807) is 0 Å². The smallest absolute Gasteiger partial charge is 0.124 e. The van der Waals surface area contributed by atoms with E-state index in [2.05, 4.69) is 49.4 Å². The van der Waals surface area contributed by atoms with Gasteiger partial charge in [0, 0.05) is 0 Å². The Labute approximate surface area is 168 Å². The van der Waals surface area contributed by atoms with E-state index < -0.39 is 0 Å². The van der Waals surface area contributed by atoms with Crippen molar-refractivity contribution in [3.8, 4) is 11.5 Å². The van der Waals surface area contributed by atoms with Crippen LogP contribution in [0.15, 0.2) is 42.5 Å². The molecule has 0 spiro atoms. The van der Waals surface area contributed by atoms with Crippen LogP contribution in [-0.2, 0) is 6.42 Å². The number of fused-ring (bicyclic) bond motifs is 1. The van der Waals surface area contributed by atoms with Gasteiger partial charge < -0.3 is 15.2 Å². The average molecular weight is 388 g/mol. The lowest BCUT2D eigenvalue weighted by atomic mass is 9.87. The van der Waals surface area contributed by atoms with E-state index in [0.29, 0.717) is 12.0 Å². The molecule has 2 aromatic carbocycles. The average Bonchev–Trinajstić information content (AvgIpc) is 2.68. The number of benzene rings is 2.